The fraction of sp³-hybridized carbons (Fsp3) is 0.263. The molecule has 0 unspecified atom stereocenters. The van der Waals surface area contributed by atoms with Crippen molar-refractivity contribution in [1.29, 1.82) is 0 Å². The second-order valence-corrected chi connectivity index (χ2v) is 5.37. The topological polar surface area (TPSA) is 77.3 Å². The molecule has 1 heterocycles. The fourth-order valence-corrected chi connectivity index (χ4v) is 2.18. The number of rotatable bonds is 9. The number of pyridine rings is 1. The molecule has 0 saturated carbocycles. The van der Waals surface area contributed by atoms with Gasteiger partial charge in [-0.2, -0.15) is 4.73 Å². The Bertz CT molecular complexity index is 741. The Kier molecular flexibility index (Phi) is 7.29. The molecule has 2 aromatic rings. The third kappa shape index (κ3) is 6.53. The summed E-state index contributed by atoms with van der Waals surface area (Å²) in [4.78, 5) is 11.9. The molecule has 0 aliphatic heterocycles. The summed E-state index contributed by atoms with van der Waals surface area (Å²) in [6.07, 6.45) is 8.44. The van der Waals surface area contributed by atoms with Crippen LogP contribution in [0.5, 0.6) is 5.75 Å². The third-order valence-electron chi connectivity index (χ3n) is 3.37. The molecule has 0 bridgehead atoms. The molecule has 1 amide bonds. The summed E-state index contributed by atoms with van der Waals surface area (Å²) in [5, 5.41) is 17.0. The number of benzene rings is 1. The van der Waals surface area contributed by atoms with Gasteiger partial charge in [0, 0.05) is 19.2 Å². The Morgan fingerprint density at radius 3 is 3.00 bits per heavy atom. The van der Waals surface area contributed by atoms with Crippen molar-refractivity contribution in [2.24, 2.45) is 0 Å². The van der Waals surface area contributed by atoms with Crippen LogP contribution >= 0.6 is 0 Å². The summed E-state index contributed by atoms with van der Waals surface area (Å²) >= 11 is 0. The van der Waals surface area contributed by atoms with Gasteiger partial charge in [0.2, 0.25) is 0 Å². The molecular weight excluding hydrogens is 318 g/mol. The highest BCUT2D eigenvalue weighted by Crippen LogP contribution is 2.13. The molecular formula is C19H21N3O3. The number of terminal acetylenes is 1. The average molecular weight is 339 g/mol. The van der Waals surface area contributed by atoms with E-state index >= 15 is 0 Å². The third-order valence-corrected chi connectivity index (χ3v) is 3.37. The molecule has 6 nitrogen and oxygen atoms in total. The van der Waals surface area contributed by atoms with Crippen molar-refractivity contribution in [3.8, 4) is 18.1 Å². The van der Waals surface area contributed by atoms with Crippen LogP contribution in [0.2, 0.25) is 0 Å². The first-order valence-electron chi connectivity index (χ1n) is 8.02. The SMILES string of the molecule is C#CCNCc1cccc(OCCCNC(=O)c2ccc[n+]([O-])c2)c1. The quantitative estimate of drug-likeness (QED) is 0.312. The number of amides is 1. The molecule has 0 aliphatic rings. The number of hydrogen-bond acceptors (Lipinski definition) is 4. The molecule has 0 spiro atoms. The van der Waals surface area contributed by atoms with E-state index in [4.69, 9.17) is 11.2 Å². The summed E-state index contributed by atoms with van der Waals surface area (Å²) in [6.45, 7) is 2.17. The van der Waals surface area contributed by atoms with Gasteiger partial charge in [-0.1, -0.05) is 18.1 Å². The standard InChI is InChI=1S/C19H21N3O3/c1-2-9-20-14-16-6-3-8-18(13-16)25-12-5-10-21-19(23)17-7-4-11-22(24)15-17/h1,3-4,6-8,11,13,15,20H,5,9-10,12,14H2,(H,21,23). The Balaban J connectivity index is 1.68. The molecule has 2 rings (SSSR count). The van der Waals surface area contributed by atoms with E-state index in [9.17, 15) is 10.0 Å². The van der Waals surface area contributed by atoms with Gasteiger partial charge in [0.1, 0.15) is 11.3 Å². The van der Waals surface area contributed by atoms with Gasteiger partial charge in [0.05, 0.1) is 13.2 Å². The highest BCUT2D eigenvalue weighted by atomic mass is 16.5. The van der Waals surface area contributed by atoms with Gasteiger partial charge in [-0.3, -0.25) is 4.79 Å². The van der Waals surface area contributed by atoms with E-state index in [2.05, 4.69) is 16.6 Å². The number of carbonyl (C=O) groups excluding carboxylic acids is 1. The fourth-order valence-electron chi connectivity index (χ4n) is 2.18. The monoisotopic (exact) mass is 339 g/mol. The van der Waals surface area contributed by atoms with Gasteiger partial charge in [-0.05, 0) is 30.2 Å². The van der Waals surface area contributed by atoms with Gasteiger partial charge in [-0.15, -0.1) is 6.42 Å². The van der Waals surface area contributed by atoms with Crippen molar-refractivity contribution >= 4 is 5.91 Å². The molecule has 6 heteroatoms. The van der Waals surface area contributed by atoms with Gasteiger partial charge in [0.25, 0.3) is 5.91 Å². The Hall–Kier alpha value is -3.04. The maximum absolute atomic E-state index is 11.9. The summed E-state index contributed by atoms with van der Waals surface area (Å²) in [5.74, 6) is 3.04. The summed E-state index contributed by atoms with van der Waals surface area (Å²) < 4.78 is 6.29. The van der Waals surface area contributed by atoms with Crippen LogP contribution in [0.25, 0.3) is 0 Å². The minimum Gasteiger partial charge on any atom is -0.619 e. The molecule has 0 atom stereocenters. The zero-order valence-corrected chi connectivity index (χ0v) is 13.9. The van der Waals surface area contributed by atoms with Crippen LogP contribution in [-0.2, 0) is 6.54 Å². The molecule has 0 saturated heterocycles. The Morgan fingerprint density at radius 1 is 1.32 bits per heavy atom. The van der Waals surface area contributed by atoms with E-state index in [0.717, 1.165) is 11.3 Å². The van der Waals surface area contributed by atoms with Crippen LogP contribution in [0.1, 0.15) is 22.3 Å². The van der Waals surface area contributed by atoms with Crippen molar-refractivity contribution in [3.05, 3.63) is 65.1 Å². The molecule has 2 N–H and O–H groups in total. The lowest BCUT2D eigenvalue weighted by Gasteiger charge is -2.09. The first-order valence-corrected chi connectivity index (χ1v) is 8.02. The second-order valence-electron chi connectivity index (χ2n) is 5.37. The zero-order chi connectivity index (χ0) is 17.9. The number of aromatic nitrogens is 1. The van der Waals surface area contributed by atoms with Crippen molar-refractivity contribution in [1.82, 2.24) is 10.6 Å². The zero-order valence-electron chi connectivity index (χ0n) is 13.9. The molecule has 0 aliphatic carbocycles. The molecule has 1 aromatic carbocycles. The van der Waals surface area contributed by atoms with Crippen molar-refractivity contribution < 1.29 is 14.3 Å². The van der Waals surface area contributed by atoms with Crippen molar-refractivity contribution in [2.45, 2.75) is 13.0 Å². The highest BCUT2D eigenvalue weighted by molar-refractivity contribution is 5.93. The van der Waals surface area contributed by atoms with Gasteiger partial charge < -0.3 is 20.6 Å². The van der Waals surface area contributed by atoms with E-state index in [1.54, 1.807) is 6.07 Å². The van der Waals surface area contributed by atoms with Gasteiger partial charge in [-0.25, -0.2) is 0 Å². The summed E-state index contributed by atoms with van der Waals surface area (Å²) in [7, 11) is 0. The predicted molar refractivity (Wildman–Crippen MR) is 94.8 cm³/mol. The number of carbonyl (C=O) groups is 1. The molecule has 1 aromatic heterocycles. The van der Waals surface area contributed by atoms with E-state index in [1.165, 1.54) is 18.5 Å². The minimum absolute atomic E-state index is 0.271. The molecule has 0 fully saturated rings. The van der Waals surface area contributed by atoms with Crippen LogP contribution < -0.4 is 20.1 Å². The lowest BCUT2D eigenvalue weighted by atomic mass is 10.2. The second kappa shape index (κ2) is 9.96. The predicted octanol–water partition coefficient (Wildman–Crippen LogP) is 1.24. The molecule has 25 heavy (non-hydrogen) atoms. The normalized spacial score (nSPS) is 10.0. The average Bonchev–Trinajstić information content (AvgIpc) is 2.62. The lowest BCUT2D eigenvalue weighted by Crippen LogP contribution is -2.30. The Morgan fingerprint density at radius 2 is 2.20 bits per heavy atom. The molecule has 130 valence electrons. The number of nitrogens with one attached hydrogen (secondary N) is 2. The summed E-state index contributed by atoms with van der Waals surface area (Å²) in [5.41, 5.74) is 1.43. The van der Waals surface area contributed by atoms with E-state index in [0.29, 0.717) is 43.0 Å². The smallest absolute Gasteiger partial charge is 0.257 e. The lowest BCUT2D eigenvalue weighted by molar-refractivity contribution is -0.605. The summed E-state index contributed by atoms with van der Waals surface area (Å²) in [6, 6.07) is 10.9. The van der Waals surface area contributed by atoms with Crippen LogP contribution in [-0.4, -0.2) is 25.6 Å². The van der Waals surface area contributed by atoms with Crippen LogP contribution in [0.4, 0.5) is 0 Å². The largest absolute Gasteiger partial charge is 0.619 e. The van der Waals surface area contributed by atoms with Crippen molar-refractivity contribution in [3.63, 3.8) is 0 Å². The minimum atomic E-state index is -0.271. The first-order chi connectivity index (χ1) is 12.2. The van der Waals surface area contributed by atoms with Gasteiger partial charge in [0.15, 0.2) is 12.4 Å². The van der Waals surface area contributed by atoms with Crippen LogP contribution in [0, 0.1) is 17.6 Å². The Labute approximate surface area is 147 Å². The first kappa shape index (κ1) is 18.3. The molecule has 0 radical (unpaired) electrons. The van der Waals surface area contributed by atoms with Gasteiger partial charge >= 0.3 is 0 Å². The maximum atomic E-state index is 11.9. The van der Waals surface area contributed by atoms with E-state index in [1.807, 2.05) is 24.3 Å². The number of nitrogens with zero attached hydrogens (tertiary/aromatic N) is 1. The van der Waals surface area contributed by atoms with E-state index in [-0.39, 0.29) is 5.91 Å². The van der Waals surface area contributed by atoms with Crippen LogP contribution in [0.3, 0.4) is 0 Å². The number of ether oxygens (including phenoxy) is 1. The van der Waals surface area contributed by atoms with Crippen molar-refractivity contribution in [2.75, 3.05) is 19.7 Å². The number of hydrogen-bond donors (Lipinski definition) is 2. The highest BCUT2D eigenvalue weighted by Gasteiger charge is 2.07. The van der Waals surface area contributed by atoms with Crippen LogP contribution in [0.15, 0.2) is 48.8 Å². The maximum Gasteiger partial charge on any atom is 0.257 e. The van der Waals surface area contributed by atoms with E-state index < -0.39 is 0 Å².